The number of hydrazine groups is 1. The Bertz CT molecular complexity index is 635. The number of nitrogens with two attached hydrogens (primary N) is 1. The van der Waals surface area contributed by atoms with E-state index in [1.165, 1.54) is 6.33 Å². The molecule has 0 radical (unpaired) electrons. The third kappa shape index (κ3) is 2.98. The highest BCUT2D eigenvalue weighted by Crippen LogP contribution is 2.37. The minimum atomic E-state index is 0.420. The van der Waals surface area contributed by atoms with Gasteiger partial charge in [-0.05, 0) is 34.5 Å². The van der Waals surface area contributed by atoms with Crippen molar-refractivity contribution in [2.24, 2.45) is 5.84 Å². The van der Waals surface area contributed by atoms with E-state index in [0.717, 1.165) is 10.0 Å². The van der Waals surface area contributed by atoms with E-state index in [1.54, 1.807) is 0 Å². The van der Waals surface area contributed by atoms with Crippen molar-refractivity contribution in [3.8, 4) is 0 Å². The van der Waals surface area contributed by atoms with E-state index in [-0.39, 0.29) is 0 Å². The second-order valence-corrected chi connectivity index (χ2v) is 5.51. The average molecular weight is 377 g/mol. The number of benzene rings is 1. The predicted octanol–water partition coefficient (Wildman–Crippen LogP) is 4.14. The minimum Gasteiger partial charge on any atom is -0.339 e. The Morgan fingerprint density at radius 3 is 2.55 bits per heavy atom. The molecular formula is C12H12BrCl2N5. The van der Waals surface area contributed by atoms with Crippen molar-refractivity contribution in [3.63, 3.8) is 0 Å². The third-order valence-electron chi connectivity index (χ3n) is 2.72. The van der Waals surface area contributed by atoms with Crippen molar-refractivity contribution in [1.29, 1.82) is 0 Å². The predicted molar refractivity (Wildman–Crippen MR) is 86.7 cm³/mol. The van der Waals surface area contributed by atoms with Gasteiger partial charge in [-0.3, -0.25) is 0 Å². The fourth-order valence-electron chi connectivity index (χ4n) is 1.73. The first-order chi connectivity index (χ1) is 9.58. The Kier molecular flexibility index (Phi) is 5.04. The number of anilines is 3. The Balaban J connectivity index is 2.43. The van der Waals surface area contributed by atoms with Crippen molar-refractivity contribution >= 4 is 56.5 Å². The molecule has 2 aromatic rings. The van der Waals surface area contributed by atoms with Gasteiger partial charge >= 0.3 is 0 Å². The van der Waals surface area contributed by atoms with E-state index in [0.29, 0.717) is 33.8 Å². The maximum absolute atomic E-state index is 6.21. The van der Waals surface area contributed by atoms with Crippen LogP contribution in [-0.4, -0.2) is 9.97 Å². The molecule has 0 saturated heterocycles. The fraction of sp³-hybridized carbons (Fsp3) is 0.167. The van der Waals surface area contributed by atoms with Gasteiger partial charge in [-0.1, -0.05) is 30.1 Å². The third-order valence-corrected chi connectivity index (χ3v) is 4.49. The quantitative estimate of drug-likeness (QED) is 0.424. The van der Waals surface area contributed by atoms with Crippen molar-refractivity contribution in [3.05, 3.63) is 38.5 Å². The summed E-state index contributed by atoms with van der Waals surface area (Å²) in [6, 6.07) is 3.63. The molecule has 5 nitrogen and oxygen atoms in total. The molecule has 0 aliphatic rings. The van der Waals surface area contributed by atoms with Crippen LogP contribution >= 0.6 is 39.1 Å². The van der Waals surface area contributed by atoms with Crippen LogP contribution in [0.25, 0.3) is 0 Å². The number of nitrogens with one attached hydrogen (secondary N) is 2. The van der Waals surface area contributed by atoms with Gasteiger partial charge in [0.2, 0.25) is 0 Å². The second-order valence-electron chi connectivity index (χ2n) is 3.90. The number of rotatable bonds is 4. The van der Waals surface area contributed by atoms with Crippen LogP contribution in [0.5, 0.6) is 0 Å². The standard InChI is InChI=1S/C12H12BrCl2N5/c1-2-6-11(17-5-18-12(6)20-16)19-8-4-3-7(13)9(14)10(8)15/h3-5H,2,16H2,1H3,(H2,17,18,19,20). The molecule has 4 N–H and O–H groups in total. The Morgan fingerprint density at radius 1 is 1.20 bits per heavy atom. The summed E-state index contributed by atoms with van der Waals surface area (Å²) >= 11 is 15.6. The van der Waals surface area contributed by atoms with Crippen molar-refractivity contribution in [2.75, 3.05) is 10.7 Å². The van der Waals surface area contributed by atoms with Crippen LogP contribution in [0.1, 0.15) is 12.5 Å². The molecule has 0 saturated carbocycles. The molecule has 0 spiro atoms. The first-order valence-electron chi connectivity index (χ1n) is 5.79. The molecule has 0 aliphatic heterocycles. The molecule has 0 bridgehead atoms. The van der Waals surface area contributed by atoms with Crippen molar-refractivity contribution < 1.29 is 0 Å². The highest BCUT2D eigenvalue weighted by atomic mass is 79.9. The zero-order valence-corrected chi connectivity index (χ0v) is 13.6. The molecular weight excluding hydrogens is 365 g/mol. The lowest BCUT2D eigenvalue weighted by Gasteiger charge is -2.14. The molecule has 0 unspecified atom stereocenters. The number of hydrogen-bond acceptors (Lipinski definition) is 5. The van der Waals surface area contributed by atoms with Gasteiger partial charge in [0.15, 0.2) is 0 Å². The lowest BCUT2D eigenvalue weighted by atomic mass is 10.2. The molecule has 0 aliphatic carbocycles. The number of nitrogen functional groups attached to an aromatic ring is 1. The molecule has 0 fully saturated rings. The number of nitrogens with zero attached hydrogens (tertiary/aromatic N) is 2. The molecule has 1 aromatic carbocycles. The normalized spacial score (nSPS) is 10.4. The highest BCUT2D eigenvalue weighted by molar-refractivity contribution is 9.10. The van der Waals surface area contributed by atoms with E-state index in [2.05, 4.69) is 36.6 Å². The number of halogens is 3. The van der Waals surface area contributed by atoms with Gasteiger partial charge in [-0.15, -0.1) is 0 Å². The van der Waals surface area contributed by atoms with E-state index in [4.69, 9.17) is 29.0 Å². The van der Waals surface area contributed by atoms with Gasteiger partial charge in [-0.2, -0.15) is 0 Å². The molecule has 2 rings (SSSR count). The van der Waals surface area contributed by atoms with E-state index in [1.807, 2.05) is 19.1 Å². The summed E-state index contributed by atoms with van der Waals surface area (Å²) in [6.45, 7) is 1.99. The van der Waals surface area contributed by atoms with E-state index in [9.17, 15) is 0 Å². The van der Waals surface area contributed by atoms with Crippen LogP contribution in [0.3, 0.4) is 0 Å². The van der Waals surface area contributed by atoms with Crippen LogP contribution in [0, 0.1) is 0 Å². The van der Waals surface area contributed by atoms with Gasteiger partial charge in [0.1, 0.15) is 18.0 Å². The van der Waals surface area contributed by atoms with Crippen LogP contribution in [-0.2, 0) is 6.42 Å². The summed E-state index contributed by atoms with van der Waals surface area (Å²) in [5.41, 5.74) is 4.08. The summed E-state index contributed by atoms with van der Waals surface area (Å²) in [4.78, 5) is 8.29. The topological polar surface area (TPSA) is 75.9 Å². The lowest BCUT2D eigenvalue weighted by Crippen LogP contribution is -2.13. The molecule has 106 valence electrons. The average Bonchev–Trinajstić information content (AvgIpc) is 2.47. The van der Waals surface area contributed by atoms with Gasteiger partial charge in [0.25, 0.3) is 0 Å². The summed E-state index contributed by atoms with van der Waals surface area (Å²) < 4.78 is 0.734. The summed E-state index contributed by atoms with van der Waals surface area (Å²) in [5.74, 6) is 6.65. The summed E-state index contributed by atoms with van der Waals surface area (Å²) in [6.07, 6.45) is 2.13. The number of hydrogen-bond donors (Lipinski definition) is 3. The smallest absolute Gasteiger partial charge is 0.148 e. The van der Waals surface area contributed by atoms with Crippen LogP contribution in [0.4, 0.5) is 17.3 Å². The van der Waals surface area contributed by atoms with Crippen LogP contribution in [0.15, 0.2) is 22.9 Å². The van der Waals surface area contributed by atoms with Gasteiger partial charge in [0, 0.05) is 10.0 Å². The second kappa shape index (κ2) is 6.58. The molecule has 0 amide bonds. The highest BCUT2D eigenvalue weighted by Gasteiger charge is 2.13. The Labute approximate surface area is 135 Å². The first kappa shape index (κ1) is 15.3. The molecule has 1 heterocycles. The molecule has 0 atom stereocenters. The Morgan fingerprint density at radius 2 is 1.90 bits per heavy atom. The molecule has 1 aromatic heterocycles. The lowest BCUT2D eigenvalue weighted by molar-refractivity contribution is 1.04. The monoisotopic (exact) mass is 375 g/mol. The van der Waals surface area contributed by atoms with Crippen molar-refractivity contribution in [2.45, 2.75) is 13.3 Å². The van der Waals surface area contributed by atoms with Gasteiger partial charge in [0.05, 0.1) is 15.7 Å². The maximum atomic E-state index is 6.21. The fourth-order valence-corrected chi connectivity index (χ4v) is 2.55. The van der Waals surface area contributed by atoms with Crippen LogP contribution < -0.4 is 16.6 Å². The number of aromatic nitrogens is 2. The Hall–Kier alpha value is -1.08. The molecule has 20 heavy (non-hydrogen) atoms. The first-order valence-corrected chi connectivity index (χ1v) is 7.34. The zero-order valence-electron chi connectivity index (χ0n) is 10.5. The maximum Gasteiger partial charge on any atom is 0.148 e. The van der Waals surface area contributed by atoms with E-state index < -0.39 is 0 Å². The summed E-state index contributed by atoms with van der Waals surface area (Å²) in [7, 11) is 0. The zero-order chi connectivity index (χ0) is 14.7. The van der Waals surface area contributed by atoms with E-state index >= 15 is 0 Å². The van der Waals surface area contributed by atoms with Gasteiger partial charge in [-0.25, -0.2) is 15.8 Å². The SMILES string of the molecule is CCc1c(NN)ncnc1Nc1ccc(Br)c(Cl)c1Cl. The molecule has 8 heteroatoms. The van der Waals surface area contributed by atoms with Crippen LogP contribution in [0.2, 0.25) is 10.0 Å². The van der Waals surface area contributed by atoms with Crippen molar-refractivity contribution in [1.82, 2.24) is 9.97 Å². The van der Waals surface area contributed by atoms with Gasteiger partial charge < -0.3 is 10.7 Å². The minimum absolute atomic E-state index is 0.420. The summed E-state index contributed by atoms with van der Waals surface area (Å²) in [5, 5.41) is 4.02. The largest absolute Gasteiger partial charge is 0.339 e.